The Morgan fingerprint density at radius 2 is 2.24 bits per heavy atom. The van der Waals surface area contributed by atoms with Crippen molar-refractivity contribution >= 4 is 0 Å². The van der Waals surface area contributed by atoms with Crippen molar-refractivity contribution in [2.24, 2.45) is 0 Å². The second-order valence-electron chi connectivity index (χ2n) is 3.98. The van der Waals surface area contributed by atoms with Gasteiger partial charge in [-0.2, -0.15) is 5.06 Å². The highest BCUT2D eigenvalue weighted by Crippen LogP contribution is 2.29. The normalized spacial score (nSPS) is 21.0. The summed E-state index contributed by atoms with van der Waals surface area (Å²) in [5.74, 6) is -1.66. The van der Waals surface area contributed by atoms with Gasteiger partial charge in [-0.05, 0) is 24.1 Å². The summed E-state index contributed by atoms with van der Waals surface area (Å²) < 4.78 is 30.8. The van der Waals surface area contributed by atoms with E-state index in [-0.39, 0.29) is 6.10 Å². The van der Waals surface area contributed by atoms with Gasteiger partial charge in [-0.1, -0.05) is 6.07 Å². The molecule has 0 amide bonds. The van der Waals surface area contributed by atoms with Gasteiger partial charge in [0.05, 0.1) is 6.61 Å². The molecule has 1 aromatic rings. The summed E-state index contributed by atoms with van der Waals surface area (Å²) in [4.78, 5) is 5.61. The molecule has 1 fully saturated rings. The van der Waals surface area contributed by atoms with E-state index in [1.165, 1.54) is 6.07 Å². The van der Waals surface area contributed by atoms with Gasteiger partial charge in [0.1, 0.15) is 6.10 Å². The molecule has 0 unspecified atom stereocenters. The third kappa shape index (κ3) is 3.00. The largest absolute Gasteiger partial charge is 0.383 e. The lowest BCUT2D eigenvalue weighted by Crippen LogP contribution is -2.22. The van der Waals surface area contributed by atoms with Gasteiger partial charge in [0, 0.05) is 20.2 Å². The van der Waals surface area contributed by atoms with Gasteiger partial charge in [-0.15, -0.1) is 0 Å². The minimum Gasteiger partial charge on any atom is -0.383 e. The molecular formula is C12H15F2NO2. The first kappa shape index (κ1) is 12.4. The number of benzene rings is 1. The summed E-state index contributed by atoms with van der Waals surface area (Å²) in [5.41, 5.74) is 0.670. The summed E-state index contributed by atoms with van der Waals surface area (Å²) in [6.07, 6.45) is 0.580. The number of rotatable bonds is 4. The molecule has 1 aliphatic rings. The Bertz CT molecular complexity index is 387. The summed E-state index contributed by atoms with van der Waals surface area (Å²) in [6, 6.07) is 3.88. The van der Waals surface area contributed by atoms with Gasteiger partial charge in [-0.25, -0.2) is 8.78 Å². The molecule has 0 aromatic heterocycles. The van der Waals surface area contributed by atoms with Crippen LogP contribution in [0.1, 0.15) is 18.1 Å². The van der Waals surface area contributed by atoms with Crippen molar-refractivity contribution in [2.45, 2.75) is 12.5 Å². The SMILES string of the molecule is COCCN1CC[C@@H](c2ccc(F)c(F)c2)O1. The van der Waals surface area contributed by atoms with Crippen molar-refractivity contribution in [3.8, 4) is 0 Å². The summed E-state index contributed by atoms with van der Waals surface area (Å²) in [7, 11) is 1.63. The Morgan fingerprint density at radius 1 is 1.41 bits per heavy atom. The van der Waals surface area contributed by atoms with Crippen molar-refractivity contribution in [3.05, 3.63) is 35.4 Å². The quantitative estimate of drug-likeness (QED) is 0.809. The fraction of sp³-hybridized carbons (Fsp3) is 0.500. The van der Waals surface area contributed by atoms with Gasteiger partial charge in [-0.3, -0.25) is 4.84 Å². The molecule has 0 saturated carbocycles. The minimum absolute atomic E-state index is 0.193. The fourth-order valence-corrected chi connectivity index (χ4v) is 1.84. The van der Waals surface area contributed by atoms with Crippen LogP contribution < -0.4 is 0 Å². The zero-order chi connectivity index (χ0) is 12.3. The van der Waals surface area contributed by atoms with E-state index >= 15 is 0 Å². The first-order valence-electron chi connectivity index (χ1n) is 5.56. The Balaban J connectivity index is 1.97. The van der Waals surface area contributed by atoms with E-state index < -0.39 is 11.6 Å². The Labute approximate surface area is 98.9 Å². The van der Waals surface area contributed by atoms with Crippen LogP contribution >= 0.6 is 0 Å². The number of hydroxylamine groups is 2. The monoisotopic (exact) mass is 243 g/mol. The molecule has 0 aliphatic carbocycles. The Kier molecular flexibility index (Phi) is 4.04. The van der Waals surface area contributed by atoms with Crippen LogP contribution in [-0.2, 0) is 9.57 Å². The smallest absolute Gasteiger partial charge is 0.159 e. The van der Waals surface area contributed by atoms with Crippen molar-refractivity contribution in [2.75, 3.05) is 26.8 Å². The molecule has 94 valence electrons. The van der Waals surface area contributed by atoms with Crippen molar-refractivity contribution in [1.29, 1.82) is 0 Å². The van der Waals surface area contributed by atoms with Crippen molar-refractivity contribution in [1.82, 2.24) is 5.06 Å². The number of hydrogen-bond donors (Lipinski definition) is 0. The van der Waals surface area contributed by atoms with E-state index in [0.29, 0.717) is 18.7 Å². The highest BCUT2D eigenvalue weighted by atomic mass is 19.2. The van der Waals surface area contributed by atoms with Gasteiger partial charge in [0.2, 0.25) is 0 Å². The van der Waals surface area contributed by atoms with Crippen molar-refractivity contribution < 1.29 is 18.4 Å². The summed E-state index contributed by atoms with van der Waals surface area (Å²) >= 11 is 0. The second kappa shape index (κ2) is 5.53. The standard InChI is InChI=1S/C12H15F2NO2/c1-16-7-6-15-5-4-12(17-15)9-2-3-10(13)11(14)8-9/h2-3,8,12H,4-7H2,1H3/t12-/m0/s1. The van der Waals surface area contributed by atoms with E-state index in [1.807, 2.05) is 0 Å². The first-order chi connectivity index (χ1) is 8.20. The maximum Gasteiger partial charge on any atom is 0.159 e. The third-order valence-corrected chi connectivity index (χ3v) is 2.78. The lowest BCUT2D eigenvalue weighted by Gasteiger charge is -2.16. The van der Waals surface area contributed by atoms with Gasteiger partial charge in [0.15, 0.2) is 11.6 Å². The van der Waals surface area contributed by atoms with Crippen LogP contribution in [-0.4, -0.2) is 31.9 Å². The van der Waals surface area contributed by atoms with Gasteiger partial charge < -0.3 is 4.74 Å². The third-order valence-electron chi connectivity index (χ3n) is 2.78. The average Bonchev–Trinajstić information content (AvgIpc) is 2.79. The van der Waals surface area contributed by atoms with E-state index in [1.54, 1.807) is 18.2 Å². The van der Waals surface area contributed by atoms with Crippen LogP contribution in [0.4, 0.5) is 8.78 Å². The van der Waals surface area contributed by atoms with E-state index in [2.05, 4.69) is 0 Å². The van der Waals surface area contributed by atoms with Crippen LogP contribution in [0, 0.1) is 11.6 Å². The van der Waals surface area contributed by atoms with E-state index in [4.69, 9.17) is 9.57 Å². The minimum atomic E-state index is -0.832. The first-order valence-corrected chi connectivity index (χ1v) is 5.56. The van der Waals surface area contributed by atoms with Gasteiger partial charge in [0.25, 0.3) is 0 Å². The topological polar surface area (TPSA) is 21.7 Å². The molecule has 0 radical (unpaired) electrons. The lowest BCUT2D eigenvalue weighted by molar-refractivity contribution is -0.153. The predicted octanol–water partition coefficient (Wildman–Crippen LogP) is 2.29. The molecule has 0 N–H and O–H groups in total. The molecule has 1 aromatic carbocycles. The average molecular weight is 243 g/mol. The molecule has 5 heteroatoms. The van der Waals surface area contributed by atoms with E-state index in [0.717, 1.165) is 19.0 Å². The fourth-order valence-electron chi connectivity index (χ4n) is 1.84. The maximum absolute atomic E-state index is 13.1. The van der Waals surface area contributed by atoms with Crippen LogP contribution in [0.25, 0.3) is 0 Å². The second-order valence-corrected chi connectivity index (χ2v) is 3.98. The Morgan fingerprint density at radius 3 is 2.94 bits per heavy atom. The molecule has 2 rings (SSSR count). The molecule has 17 heavy (non-hydrogen) atoms. The zero-order valence-corrected chi connectivity index (χ0v) is 9.66. The highest BCUT2D eigenvalue weighted by Gasteiger charge is 2.25. The predicted molar refractivity (Wildman–Crippen MR) is 58.3 cm³/mol. The van der Waals surface area contributed by atoms with Gasteiger partial charge >= 0.3 is 0 Å². The molecule has 3 nitrogen and oxygen atoms in total. The molecule has 0 bridgehead atoms. The number of ether oxygens (including phenoxy) is 1. The lowest BCUT2D eigenvalue weighted by atomic mass is 10.1. The molecule has 1 saturated heterocycles. The van der Waals surface area contributed by atoms with Crippen LogP contribution in [0.15, 0.2) is 18.2 Å². The Hall–Kier alpha value is -1.04. The summed E-state index contributed by atoms with van der Waals surface area (Å²) in [5, 5.41) is 1.79. The number of methoxy groups -OCH3 is 1. The maximum atomic E-state index is 13.1. The molecular weight excluding hydrogens is 228 g/mol. The number of nitrogens with zero attached hydrogens (tertiary/aromatic N) is 1. The molecule has 1 heterocycles. The van der Waals surface area contributed by atoms with Crippen LogP contribution in [0.3, 0.4) is 0 Å². The molecule has 1 atom stereocenters. The molecule has 1 aliphatic heterocycles. The van der Waals surface area contributed by atoms with Crippen LogP contribution in [0.5, 0.6) is 0 Å². The highest BCUT2D eigenvalue weighted by molar-refractivity contribution is 5.20. The van der Waals surface area contributed by atoms with Crippen molar-refractivity contribution in [3.63, 3.8) is 0 Å². The van der Waals surface area contributed by atoms with Crippen LogP contribution in [0.2, 0.25) is 0 Å². The molecule has 0 spiro atoms. The number of halogens is 2. The van der Waals surface area contributed by atoms with E-state index in [9.17, 15) is 8.78 Å². The zero-order valence-electron chi connectivity index (χ0n) is 9.66. The summed E-state index contributed by atoms with van der Waals surface area (Å²) in [6.45, 7) is 2.04. The number of hydrogen-bond acceptors (Lipinski definition) is 3.